The van der Waals surface area contributed by atoms with Crippen LogP contribution in [-0.2, 0) is 7.05 Å². The van der Waals surface area contributed by atoms with Crippen LogP contribution in [0.2, 0.25) is 0 Å². The van der Waals surface area contributed by atoms with Gasteiger partial charge >= 0.3 is 5.69 Å². The molecule has 0 aliphatic carbocycles. The van der Waals surface area contributed by atoms with E-state index in [0.29, 0.717) is 17.9 Å². The lowest BCUT2D eigenvalue weighted by atomic mass is 9.95. The molecule has 0 saturated carbocycles. The maximum Gasteiger partial charge on any atom is 0.334 e. The highest BCUT2D eigenvalue weighted by molar-refractivity contribution is 5.61. The van der Waals surface area contributed by atoms with Crippen molar-refractivity contribution in [3.05, 3.63) is 15.8 Å². The molecule has 7 nitrogen and oxygen atoms in total. The van der Waals surface area contributed by atoms with Crippen molar-refractivity contribution in [1.29, 1.82) is 0 Å². The fraction of sp³-hybridized carbons (Fsp3) is 0.769. The summed E-state index contributed by atoms with van der Waals surface area (Å²) in [4.78, 5) is 11.0. The molecule has 1 aromatic heterocycles. The quantitative estimate of drug-likeness (QED) is 0.592. The minimum atomic E-state index is -0.401. The highest BCUT2D eigenvalue weighted by Gasteiger charge is 2.32. The Bertz CT molecular complexity index is 484. The van der Waals surface area contributed by atoms with Crippen molar-refractivity contribution in [2.75, 3.05) is 11.9 Å². The SMILES string of the molecule is CCC(C)(CCO)Nc1c([N+](=O)[O-])c(C(C)C)nn1C. The van der Waals surface area contributed by atoms with Crippen LogP contribution in [-0.4, -0.2) is 32.0 Å². The van der Waals surface area contributed by atoms with Gasteiger partial charge in [-0.05, 0) is 19.8 Å². The molecule has 0 aromatic carbocycles. The van der Waals surface area contributed by atoms with Crippen molar-refractivity contribution >= 4 is 11.5 Å². The first-order chi connectivity index (χ1) is 9.25. The van der Waals surface area contributed by atoms with Crippen molar-refractivity contribution in [2.24, 2.45) is 7.05 Å². The van der Waals surface area contributed by atoms with Gasteiger partial charge in [0.05, 0.1) is 4.92 Å². The van der Waals surface area contributed by atoms with E-state index in [2.05, 4.69) is 10.4 Å². The molecule has 0 aliphatic rings. The Labute approximate surface area is 119 Å². The van der Waals surface area contributed by atoms with Crippen molar-refractivity contribution in [3.63, 3.8) is 0 Å². The Hall–Kier alpha value is -1.63. The topological polar surface area (TPSA) is 93.2 Å². The van der Waals surface area contributed by atoms with Crippen LogP contribution < -0.4 is 5.32 Å². The predicted octanol–water partition coefficient (Wildman–Crippen LogP) is 2.41. The average Bonchev–Trinajstić information content (AvgIpc) is 2.67. The molecule has 1 unspecified atom stereocenters. The van der Waals surface area contributed by atoms with E-state index in [0.717, 1.165) is 6.42 Å². The number of rotatable bonds is 7. The number of aromatic nitrogens is 2. The van der Waals surface area contributed by atoms with Crippen LogP contribution in [0.3, 0.4) is 0 Å². The summed E-state index contributed by atoms with van der Waals surface area (Å²) in [5.74, 6) is 0.374. The Morgan fingerprint density at radius 1 is 1.55 bits per heavy atom. The molecule has 0 amide bonds. The summed E-state index contributed by atoms with van der Waals surface area (Å²) in [6, 6.07) is 0. The molecule has 0 aliphatic heterocycles. The molecule has 1 heterocycles. The second kappa shape index (κ2) is 6.21. The molecule has 0 radical (unpaired) electrons. The summed E-state index contributed by atoms with van der Waals surface area (Å²) >= 11 is 0. The number of nitrogens with zero attached hydrogens (tertiary/aromatic N) is 3. The zero-order valence-corrected chi connectivity index (χ0v) is 12.8. The van der Waals surface area contributed by atoms with Crippen molar-refractivity contribution in [2.45, 2.75) is 52.0 Å². The molecule has 1 aromatic rings. The molecule has 0 spiro atoms. The van der Waals surface area contributed by atoms with Crippen LogP contribution in [0.4, 0.5) is 11.5 Å². The number of aryl methyl sites for hydroxylation is 1. The molecule has 1 rings (SSSR count). The van der Waals surface area contributed by atoms with Gasteiger partial charge in [0, 0.05) is 25.1 Å². The van der Waals surface area contributed by atoms with E-state index in [9.17, 15) is 10.1 Å². The maximum absolute atomic E-state index is 11.4. The fourth-order valence-electron chi connectivity index (χ4n) is 2.10. The monoisotopic (exact) mass is 284 g/mol. The molecular formula is C13H24N4O3. The molecule has 0 bridgehead atoms. The summed E-state index contributed by atoms with van der Waals surface area (Å²) in [7, 11) is 1.69. The van der Waals surface area contributed by atoms with Gasteiger partial charge in [0.2, 0.25) is 5.82 Å². The van der Waals surface area contributed by atoms with Gasteiger partial charge < -0.3 is 10.4 Å². The van der Waals surface area contributed by atoms with Crippen LogP contribution in [0, 0.1) is 10.1 Å². The zero-order chi connectivity index (χ0) is 15.5. The van der Waals surface area contributed by atoms with Crippen molar-refractivity contribution in [1.82, 2.24) is 9.78 Å². The summed E-state index contributed by atoms with van der Waals surface area (Å²) in [6.45, 7) is 7.71. The number of hydrogen-bond acceptors (Lipinski definition) is 5. The predicted molar refractivity (Wildman–Crippen MR) is 78.0 cm³/mol. The first-order valence-corrected chi connectivity index (χ1v) is 6.86. The Morgan fingerprint density at radius 3 is 2.55 bits per heavy atom. The lowest BCUT2D eigenvalue weighted by molar-refractivity contribution is -0.384. The molecule has 2 N–H and O–H groups in total. The summed E-state index contributed by atoms with van der Waals surface area (Å²) in [5, 5.41) is 28.0. The van der Waals surface area contributed by atoms with Gasteiger partial charge in [0.25, 0.3) is 0 Å². The summed E-state index contributed by atoms with van der Waals surface area (Å²) in [5.41, 5.74) is 0.101. The lowest BCUT2D eigenvalue weighted by Gasteiger charge is -2.29. The molecule has 20 heavy (non-hydrogen) atoms. The average molecular weight is 284 g/mol. The largest absolute Gasteiger partial charge is 0.396 e. The van der Waals surface area contributed by atoms with Gasteiger partial charge in [0.1, 0.15) is 5.69 Å². The third-order valence-electron chi connectivity index (χ3n) is 3.64. The Kier molecular flexibility index (Phi) is 5.10. The third kappa shape index (κ3) is 3.27. The van der Waals surface area contributed by atoms with Crippen LogP contribution in [0.15, 0.2) is 0 Å². The van der Waals surface area contributed by atoms with Gasteiger partial charge in [-0.15, -0.1) is 0 Å². The molecule has 7 heteroatoms. The highest BCUT2D eigenvalue weighted by atomic mass is 16.6. The minimum Gasteiger partial charge on any atom is -0.396 e. The van der Waals surface area contributed by atoms with Gasteiger partial charge in [-0.25, -0.2) is 4.68 Å². The number of nitro groups is 1. The Morgan fingerprint density at radius 2 is 2.15 bits per heavy atom. The number of aliphatic hydroxyl groups excluding tert-OH is 1. The number of nitrogens with one attached hydrogen (secondary N) is 1. The first-order valence-electron chi connectivity index (χ1n) is 6.86. The van der Waals surface area contributed by atoms with E-state index in [1.165, 1.54) is 4.68 Å². The second-order valence-corrected chi connectivity index (χ2v) is 5.63. The van der Waals surface area contributed by atoms with E-state index in [1.807, 2.05) is 27.7 Å². The minimum absolute atomic E-state index is 0.0251. The molecular weight excluding hydrogens is 260 g/mol. The molecule has 0 fully saturated rings. The molecule has 1 atom stereocenters. The van der Waals surface area contributed by atoms with Crippen LogP contribution in [0.5, 0.6) is 0 Å². The van der Waals surface area contributed by atoms with Gasteiger partial charge in [-0.2, -0.15) is 5.10 Å². The van der Waals surface area contributed by atoms with Crippen molar-refractivity contribution < 1.29 is 10.0 Å². The van der Waals surface area contributed by atoms with Crippen LogP contribution in [0.1, 0.15) is 52.1 Å². The van der Waals surface area contributed by atoms with E-state index in [4.69, 9.17) is 5.11 Å². The van der Waals surface area contributed by atoms with Crippen LogP contribution >= 0.6 is 0 Å². The highest BCUT2D eigenvalue weighted by Crippen LogP contribution is 2.35. The Balaban J connectivity index is 3.27. The van der Waals surface area contributed by atoms with Gasteiger partial charge in [-0.3, -0.25) is 10.1 Å². The van der Waals surface area contributed by atoms with E-state index in [1.54, 1.807) is 7.05 Å². The molecule has 0 saturated heterocycles. The van der Waals surface area contributed by atoms with Gasteiger partial charge in [0.15, 0.2) is 0 Å². The van der Waals surface area contributed by atoms with E-state index in [-0.39, 0.29) is 23.1 Å². The standard InChI is InChI=1S/C13H24N4O3/c1-6-13(4,7-8-18)14-12-11(17(19)20)10(9(2)3)15-16(12)5/h9,14,18H,6-8H2,1-5H3. The second-order valence-electron chi connectivity index (χ2n) is 5.63. The normalized spacial score (nSPS) is 14.3. The summed E-state index contributed by atoms with van der Waals surface area (Å²) < 4.78 is 1.51. The number of hydrogen-bond donors (Lipinski definition) is 2. The van der Waals surface area contributed by atoms with E-state index >= 15 is 0 Å². The fourth-order valence-corrected chi connectivity index (χ4v) is 2.10. The number of anilines is 1. The third-order valence-corrected chi connectivity index (χ3v) is 3.64. The molecule has 114 valence electrons. The smallest absolute Gasteiger partial charge is 0.334 e. The van der Waals surface area contributed by atoms with Crippen molar-refractivity contribution in [3.8, 4) is 0 Å². The van der Waals surface area contributed by atoms with Gasteiger partial charge in [-0.1, -0.05) is 20.8 Å². The van der Waals surface area contributed by atoms with E-state index < -0.39 is 5.54 Å². The zero-order valence-electron chi connectivity index (χ0n) is 12.8. The number of aliphatic hydroxyl groups is 1. The maximum atomic E-state index is 11.4. The lowest BCUT2D eigenvalue weighted by Crippen LogP contribution is -2.36. The van der Waals surface area contributed by atoms with Crippen LogP contribution in [0.25, 0.3) is 0 Å². The first kappa shape index (κ1) is 16.4. The summed E-state index contributed by atoms with van der Waals surface area (Å²) in [6.07, 6.45) is 1.26.